The minimum Gasteiger partial charge on any atom is -0.463 e. The molecule has 0 bridgehead atoms. The van der Waals surface area contributed by atoms with Crippen LogP contribution in [0.2, 0.25) is 0 Å². The monoisotopic (exact) mass is 435 g/mol. The van der Waals surface area contributed by atoms with Crippen LogP contribution in [-0.4, -0.2) is 81.2 Å². The number of nitrogens with zero attached hydrogens (tertiary/aromatic N) is 3. The Morgan fingerprint density at radius 3 is 2.52 bits per heavy atom. The first-order valence-electron chi connectivity index (χ1n) is 11.0. The minimum atomic E-state index is -1.34. The summed E-state index contributed by atoms with van der Waals surface area (Å²) in [4.78, 5) is 22.5. The predicted molar refractivity (Wildman–Crippen MR) is 115 cm³/mol. The van der Waals surface area contributed by atoms with Gasteiger partial charge in [-0.2, -0.15) is 0 Å². The lowest BCUT2D eigenvalue weighted by Crippen LogP contribution is -2.49. The van der Waals surface area contributed by atoms with E-state index in [1.165, 1.54) is 0 Å². The van der Waals surface area contributed by atoms with Gasteiger partial charge in [0.1, 0.15) is 0 Å². The number of amides is 1. The molecule has 2 saturated heterocycles. The molecule has 1 amide bonds. The van der Waals surface area contributed by atoms with Crippen molar-refractivity contribution in [1.29, 1.82) is 0 Å². The largest absolute Gasteiger partial charge is 0.498 e. The molecule has 2 aliphatic heterocycles. The van der Waals surface area contributed by atoms with Gasteiger partial charge in [0.05, 0.1) is 24.4 Å². The fourth-order valence-corrected chi connectivity index (χ4v) is 3.84. The highest BCUT2D eigenvalue weighted by Gasteiger charge is 2.52. The van der Waals surface area contributed by atoms with Gasteiger partial charge in [-0.15, -0.1) is 0 Å². The molecule has 9 nitrogen and oxygen atoms in total. The second-order valence-corrected chi connectivity index (χ2v) is 9.26. The number of aliphatic hydroxyl groups is 2. The number of carbonyl (C=O) groups is 1. The molecule has 1 aromatic rings. The Morgan fingerprint density at radius 2 is 1.90 bits per heavy atom. The van der Waals surface area contributed by atoms with E-state index in [0.717, 1.165) is 37.6 Å². The van der Waals surface area contributed by atoms with E-state index < -0.39 is 36.9 Å². The zero-order valence-corrected chi connectivity index (χ0v) is 18.9. The number of carbonyl (C=O) groups excluding carboxylic acids is 1. The number of likely N-dealkylation sites (tertiary alicyclic amines) is 1. The van der Waals surface area contributed by atoms with E-state index >= 15 is 0 Å². The van der Waals surface area contributed by atoms with Crippen molar-refractivity contribution < 1.29 is 29.1 Å². The van der Waals surface area contributed by atoms with Crippen LogP contribution in [0.3, 0.4) is 0 Å². The van der Waals surface area contributed by atoms with Crippen molar-refractivity contribution in [3.63, 3.8) is 0 Å². The van der Waals surface area contributed by atoms with Crippen molar-refractivity contribution in [3.05, 3.63) is 12.4 Å². The average Bonchev–Trinajstić information content (AvgIpc) is 2.97. The summed E-state index contributed by atoms with van der Waals surface area (Å²) in [5.74, 6) is -0.394. The van der Waals surface area contributed by atoms with Crippen LogP contribution >= 0.6 is 0 Å². The van der Waals surface area contributed by atoms with Crippen LogP contribution in [0.1, 0.15) is 59.8 Å². The van der Waals surface area contributed by atoms with Gasteiger partial charge in [0.15, 0.2) is 6.10 Å². The van der Waals surface area contributed by atoms with Gasteiger partial charge in [0, 0.05) is 30.4 Å². The molecule has 2 atom stereocenters. The van der Waals surface area contributed by atoms with E-state index in [-0.39, 0.29) is 12.1 Å². The molecule has 31 heavy (non-hydrogen) atoms. The molecule has 0 aromatic carbocycles. The van der Waals surface area contributed by atoms with Crippen LogP contribution in [0.4, 0.5) is 0 Å². The fraction of sp³-hybridized carbons (Fsp3) is 0.762. The third-order valence-electron chi connectivity index (χ3n) is 6.45. The number of aromatic nitrogens is 2. The Labute approximate surface area is 184 Å². The van der Waals surface area contributed by atoms with E-state index in [0.29, 0.717) is 13.2 Å². The Bertz CT molecular complexity index is 729. The smallest absolute Gasteiger partial charge is 0.463 e. The number of ether oxygens (including phenoxy) is 1. The number of hydrogen-bond donors (Lipinski definition) is 2. The zero-order chi connectivity index (χ0) is 22.6. The SMILES string of the molecule is CC1(C)OB(c2cnc(OCCC[C@@H]3CCCCN3C(=O)[C@@H](O)CO)nc2)OC1(C)C. The van der Waals surface area contributed by atoms with Gasteiger partial charge in [-0.1, -0.05) is 0 Å². The lowest BCUT2D eigenvalue weighted by molar-refractivity contribution is -0.146. The Balaban J connectivity index is 1.46. The molecule has 2 fully saturated rings. The maximum atomic E-state index is 12.3. The molecule has 2 N–H and O–H groups in total. The van der Waals surface area contributed by atoms with Gasteiger partial charge in [-0.25, -0.2) is 9.97 Å². The van der Waals surface area contributed by atoms with Crippen molar-refractivity contribution in [2.45, 2.75) is 83.1 Å². The molecule has 2 aliphatic rings. The topological polar surface area (TPSA) is 114 Å². The summed E-state index contributed by atoms with van der Waals surface area (Å²) in [6.07, 6.45) is 6.32. The third kappa shape index (κ3) is 5.55. The Kier molecular flexibility index (Phi) is 7.57. The predicted octanol–water partition coefficient (Wildman–Crippen LogP) is 0.669. The summed E-state index contributed by atoms with van der Waals surface area (Å²) >= 11 is 0. The fourth-order valence-electron chi connectivity index (χ4n) is 3.84. The van der Waals surface area contributed by atoms with Crippen molar-refractivity contribution in [2.24, 2.45) is 0 Å². The van der Waals surface area contributed by atoms with E-state index in [1.807, 2.05) is 27.7 Å². The molecule has 3 rings (SSSR count). The van der Waals surface area contributed by atoms with Crippen LogP contribution in [0.15, 0.2) is 12.4 Å². The van der Waals surface area contributed by atoms with Crippen molar-refractivity contribution in [1.82, 2.24) is 14.9 Å². The van der Waals surface area contributed by atoms with Crippen LogP contribution in [0.5, 0.6) is 6.01 Å². The molecule has 0 aliphatic carbocycles. The highest BCUT2D eigenvalue weighted by molar-refractivity contribution is 6.61. The van der Waals surface area contributed by atoms with E-state index in [9.17, 15) is 9.90 Å². The van der Waals surface area contributed by atoms with Crippen molar-refractivity contribution in [2.75, 3.05) is 19.8 Å². The molecule has 10 heteroatoms. The van der Waals surface area contributed by atoms with Crippen LogP contribution in [-0.2, 0) is 14.1 Å². The standard InChI is InChI=1S/C21H34BN3O6/c1-20(2)21(3,4)31-22(30-20)15-12-23-19(24-13-15)29-11-7-9-16-8-5-6-10-25(16)18(28)17(27)14-26/h12-13,16-17,26-27H,5-11,14H2,1-4H3/t16-,17-/m0/s1. The van der Waals surface area contributed by atoms with Crippen LogP contribution in [0.25, 0.3) is 0 Å². The summed E-state index contributed by atoms with van der Waals surface area (Å²) in [5.41, 5.74) is -0.104. The quantitative estimate of drug-likeness (QED) is 0.453. The molecule has 0 radical (unpaired) electrons. The number of hydrogen-bond acceptors (Lipinski definition) is 8. The van der Waals surface area contributed by atoms with Gasteiger partial charge in [0.25, 0.3) is 5.91 Å². The highest BCUT2D eigenvalue weighted by atomic mass is 16.7. The first-order chi connectivity index (χ1) is 14.6. The molecular weight excluding hydrogens is 401 g/mol. The number of aliphatic hydroxyl groups excluding tert-OH is 2. The molecule has 0 saturated carbocycles. The normalized spacial score (nSPS) is 23.6. The number of rotatable bonds is 8. The summed E-state index contributed by atoms with van der Waals surface area (Å²) in [6.45, 7) is 8.48. The highest BCUT2D eigenvalue weighted by Crippen LogP contribution is 2.36. The van der Waals surface area contributed by atoms with Crippen LogP contribution < -0.4 is 10.2 Å². The van der Waals surface area contributed by atoms with Gasteiger partial charge in [-0.05, 0) is 59.8 Å². The summed E-state index contributed by atoms with van der Waals surface area (Å²) in [6, 6.07) is 0.338. The van der Waals surface area contributed by atoms with E-state index in [2.05, 4.69) is 9.97 Å². The Morgan fingerprint density at radius 1 is 1.26 bits per heavy atom. The molecule has 0 unspecified atom stereocenters. The lowest BCUT2D eigenvalue weighted by Gasteiger charge is -2.36. The average molecular weight is 435 g/mol. The van der Waals surface area contributed by atoms with Gasteiger partial charge in [-0.3, -0.25) is 4.79 Å². The van der Waals surface area contributed by atoms with Gasteiger partial charge >= 0.3 is 13.1 Å². The zero-order valence-electron chi connectivity index (χ0n) is 18.9. The van der Waals surface area contributed by atoms with Crippen LogP contribution in [0, 0.1) is 0 Å². The minimum absolute atomic E-state index is 0.0534. The molecule has 3 heterocycles. The lowest BCUT2D eigenvalue weighted by atomic mass is 9.81. The Hall–Kier alpha value is -1.75. The number of piperidine rings is 1. The first kappa shape index (κ1) is 23.9. The van der Waals surface area contributed by atoms with Crippen molar-refractivity contribution >= 4 is 18.5 Å². The second kappa shape index (κ2) is 9.81. The maximum absolute atomic E-state index is 12.3. The molecule has 172 valence electrons. The van der Waals surface area contributed by atoms with Crippen molar-refractivity contribution in [3.8, 4) is 6.01 Å². The molecule has 0 spiro atoms. The maximum Gasteiger partial charge on any atom is 0.498 e. The summed E-state index contributed by atoms with van der Waals surface area (Å²) in [5, 5.41) is 18.7. The summed E-state index contributed by atoms with van der Waals surface area (Å²) in [7, 11) is -0.511. The molecule has 1 aromatic heterocycles. The summed E-state index contributed by atoms with van der Waals surface area (Å²) < 4.78 is 17.7. The molecular formula is C21H34BN3O6. The van der Waals surface area contributed by atoms with Gasteiger partial charge in [0.2, 0.25) is 0 Å². The first-order valence-corrected chi connectivity index (χ1v) is 11.0. The van der Waals surface area contributed by atoms with Gasteiger partial charge < -0.3 is 29.2 Å². The second-order valence-electron chi connectivity index (χ2n) is 9.26. The van der Waals surface area contributed by atoms with E-state index in [1.54, 1.807) is 17.3 Å². The third-order valence-corrected chi connectivity index (χ3v) is 6.45. The van der Waals surface area contributed by atoms with E-state index in [4.69, 9.17) is 19.2 Å².